The Labute approximate surface area is 135 Å². The van der Waals surface area contributed by atoms with Crippen molar-refractivity contribution >= 4 is 13.2 Å². The van der Waals surface area contributed by atoms with Crippen LogP contribution in [0.3, 0.4) is 0 Å². The normalized spacial score (nSPS) is 12.7. The Hall–Kier alpha value is 0.312. The zero-order chi connectivity index (χ0) is 14.1. The Balaban J connectivity index is 0.00000324. The van der Waals surface area contributed by atoms with Gasteiger partial charge >= 0.3 is 0 Å². The van der Waals surface area contributed by atoms with Crippen molar-refractivity contribution in [2.24, 2.45) is 0 Å². The summed E-state index contributed by atoms with van der Waals surface area (Å²) < 4.78 is 0. The SMILES string of the molecule is CC(C)c1cccc(P(C(C)(C)C)C(C)(C)C)c1.[Pd]. The molecule has 0 atom stereocenters. The molecule has 0 nitrogen and oxygen atoms in total. The van der Waals surface area contributed by atoms with E-state index in [0.717, 1.165) is 0 Å². The number of hydrogen-bond acceptors (Lipinski definition) is 0. The van der Waals surface area contributed by atoms with Gasteiger partial charge in [0.25, 0.3) is 0 Å². The summed E-state index contributed by atoms with van der Waals surface area (Å²) in [7, 11) is -0.179. The van der Waals surface area contributed by atoms with E-state index in [1.165, 1.54) is 5.56 Å². The summed E-state index contributed by atoms with van der Waals surface area (Å²) in [5.41, 5.74) is 1.47. The standard InChI is InChI=1S/C17H29P.Pd/c1-13(2)14-10-9-11-15(12-14)18(16(3,4)5)17(6,7)8;/h9-13H,1-8H3;. The van der Waals surface area contributed by atoms with E-state index < -0.39 is 0 Å². The van der Waals surface area contributed by atoms with E-state index in [-0.39, 0.29) is 28.3 Å². The molecule has 0 unspecified atom stereocenters. The molecule has 1 aromatic carbocycles. The largest absolute Gasteiger partial charge is 0.0643 e. The Morgan fingerprint density at radius 1 is 0.895 bits per heavy atom. The maximum absolute atomic E-state index is 2.44. The van der Waals surface area contributed by atoms with Crippen molar-refractivity contribution < 1.29 is 20.4 Å². The molecule has 112 valence electrons. The molecule has 19 heavy (non-hydrogen) atoms. The molecule has 0 saturated carbocycles. The van der Waals surface area contributed by atoms with Crippen molar-refractivity contribution in [1.82, 2.24) is 0 Å². The van der Waals surface area contributed by atoms with Gasteiger partial charge in [-0.15, -0.1) is 0 Å². The van der Waals surface area contributed by atoms with Crippen molar-refractivity contribution in [2.75, 3.05) is 0 Å². The minimum atomic E-state index is -0.179. The first-order chi connectivity index (χ1) is 8.03. The molecular weight excluding hydrogens is 342 g/mol. The fourth-order valence-electron chi connectivity index (χ4n) is 2.80. The fraction of sp³-hybridized carbons (Fsp3) is 0.647. The van der Waals surface area contributed by atoms with Crippen LogP contribution in [0.1, 0.15) is 66.9 Å². The summed E-state index contributed by atoms with van der Waals surface area (Å²) in [6.45, 7) is 18.8. The summed E-state index contributed by atoms with van der Waals surface area (Å²) in [5, 5.41) is 2.25. The second-order valence-corrected chi connectivity index (χ2v) is 11.3. The zero-order valence-corrected chi connectivity index (χ0v) is 16.1. The molecule has 0 heterocycles. The molecule has 0 bridgehead atoms. The second-order valence-electron chi connectivity index (χ2n) is 7.43. The molecule has 2 heteroatoms. The fourth-order valence-corrected chi connectivity index (χ4v) is 6.88. The smallest absolute Gasteiger partial charge is 0 e. The molecule has 0 aliphatic rings. The summed E-state index contributed by atoms with van der Waals surface area (Å²) in [5.74, 6) is 0.613. The van der Waals surface area contributed by atoms with E-state index in [1.807, 2.05) is 0 Å². The van der Waals surface area contributed by atoms with Crippen LogP contribution in [0, 0.1) is 0 Å². The van der Waals surface area contributed by atoms with E-state index in [1.54, 1.807) is 5.30 Å². The van der Waals surface area contributed by atoms with Crippen LogP contribution in [0.15, 0.2) is 24.3 Å². The maximum Gasteiger partial charge on any atom is 0 e. The number of benzene rings is 1. The zero-order valence-electron chi connectivity index (χ0n) is 13.7. The van der Waals surface area contributed by atoms with Gasteiger partial charge in [0.05, 0.1) is 0 Å². The van der Waals surface area contributed by atoms with Gasteiger partial charge in [0.2, 0.25) is 0 Å². The third-order valence-corrected chi connectivity index (χ3v) is 6.61. The topological polar surface area (TPSA) is 0 Å². The van der Waals surface area contributed by atoms with Crippen LogP contribution in [0.4, 0.5) is 0 Å². The minimum absolute atomic E-state index is 0. The molecule has 0 saturated heterocycles. The van der Waals surface area contributed by atoms with Gasteiger partial charge < -0.3 is 0 Å². The molecule has 0 fully saturated rings. The molecule has 0 aliphatic carbocycles. The molecule has 0 radical (unpaired) electrons. The third-order valence-electron chi connectivity index (χ3n) is 3.14. The second kappa shape index (κ2) is 6.85. The van der Waals surface area contributed by atoms with Crippen molar-refractivity contribution in [1.29, 1.82) is 0 Å². The average molecular weight is 371 g/mol. The summed E-state index contributed by atoms with van der Waals surface area (Å²) in [4.78, 5) is 0. The van der Waals surface area contributed by atoms with Gasteiger partial charge in [0.1, 0.15) is 0 Å². The van der Waals surface area contributed by atoms with Gasteiger partial charge in [-0.05, 0) is 27.1 Å². The molecule has 1 aromatic rings. The summed E-state index contributed by atoms with van der Waals surface area (Å²) >= 11 is 0. The number of rotatable bonds is 2. The van der Waals surface area contributed by atoms with Gasteiger partial charge in [0, 0.05) is 20.4 Å². The Morgan fingerprint density at radius 3 is 1.74 bits per heavy atom. The van der Waals surface area contributed by atoms with Crippen LogP contribution < -0.4 is 5.30 Å². The van der Waals surface area contributed by atoms with Crippen LogP contribution in [0.25, 0.3) is 0 Å². The maximum atomic E-state index is 2.44. The first-order valence-electron chi connectivity index (χ1n) is 6.94. The predicted molar refractivity (Wildman–Crippen MR) is 86.6 cm³/mol. The van der Waals surface area contributed by atoms with E-state index >= 15 is 0 Å². The third kappa shape index (κ3) is 5.30. The van der Waals surface area contributed by atoms with Gasteiger partial charge in [-0.1, -0.05) is 87.6 Å². The quantitative estimate of drug-likeness (QED) is 0.475. The summed E-state index contributed by atoms with van der Waals surface area (Å²) in [6, 6.07) is 9.26. The van der Waals surface area contributed by atoms with Gasteiger partial charge in [0.15, 0.2) is 0 Å². The van der Waals surface area contributed by atoms with Gasteiger partial charge in [-0.3, -0.25) is 0 Å². The Bertz CT molecular complexity index is 382. The van der Waals surface area contributed by atoms with E-state index in [4.69, 9.17) is 0 Å². The van der Waals surface area contributed by atoms with Gasteiger partial charge in [-0.25, -0.2) is 0 Å². The molecule has 1 rings (SSSR count). The Morgan fingerprint density at radius 2 is 1.37 bits per heavy atom. The first-order valence-corrected chi connectivity index (χ1v) is 8.28. The molecule has 0 amide bonds. The average Bonchev–Trinajstić information content (AvgIpc) is 2.13. The van der Waals surface area contributed by atoms with Crippen molar-refractivity contribution in [3.05, 3.63) is 29.8 Å². The predicted octanol–water partition coefficient (Wildman–Crippen LogP) is 5.51. The number of hydrogen-bond donors (Lipinski definition) is 0. The van der Waals surface area contributed by atoms with Crippen LogP contribution in [0.2, 0.25) is 0 Å². The van der Waals surface area contributed by atoms with E-state index in [9.17, 15) is 0 Å². The van der Waals surface area contributed by atoms with E-state index in [2.05, 4.69) is 79.7 Å². The van der Waals surface area contributed by atoms with Crippen molar-refractivity contribution in [2.45, 2.75) is 71.6 Å². The molecule has 0 N–H and O–H groups in total. The molecular formula is C17H29PPd. The minimum Gasteiger partial charge on any atom is -0.0643 e. The van der Waals surface area contributed by atoms with Crippen LogP contribution in [-0.4, -0.2) is 10.3 Å². The molecule has 0 aromatic heterocycles. The van der Waals surface area contributed by atoms with Gasteiger partial charge in [-0.2, -0.15) is 0 Å². The molecule has 0 spiro atoms. The monoisotopic (exact) mass is 370 g/mol. The van der Waals surface area contributed by atoms with E-state index in [0.29, 0.717) is 16.2 Å². The van der Waals surface area contributed by atoms with Crippen molar-refractivity contribution in [3.63, 3.8) is 0 Å². The summed E-state index contributed by atoms with van der Waals surface area (Å²) in [6.07, 6.45) is 0. The first kappa shape index (κ1) is 19.3. The molecule has 0 aliphatic heterocycles. The van der Waals surface area contributed by atoms with Crippen LogP contribution in [0.5, 0.6) is 0 Å². The van der Waals surface area contributed by atoms with Crippen LogP contribution in [-0.2, 0) is 20.4 Å². The van der Waals surface area contributed by atoms with Crippen LogP contribution >= 0.6 is 7.92 Å². The Kier molecular flexibility index (Phi) is 6.96. The van der Waals surface area contributed by atoms with Crippen molar-refractivity contribution in [3.8, 4) is 0 Å².